The highest BCUT2D eigenvalue weighted by atomic mass is 35.5. The average Bonchev–Trinajstić information content (AvgIpc) is 2.79. The standard InChI is InChI=1S/C12H10ClFN4O/c1-18-16-12(15-17-18)8-19-11-6-9(3-2-4-13)5-10(14)7-11/h5-7H,4,8H2,1H3. The summed E-state index contributed by atoms with van der Waals surface area (Å²) in [4.78, 5) is 1.32. The molecule has 0 aliphatic carbocycles. The van der Waals surface area contributed by atoms with Gasteiger partial charge in [-0.2, -0.15) is 4.80 Å². The van der Waals surface area contributed by atoms with E-state index in [9.17, 15) is 4.39 Å². The molecule has 0 saturated heterocycles. The van der Waals surface area contributed by atoms with Crippen LogP contribution in [0, 0.1) is 17.7 Å². The van der Waals surface area contributed by atoms with Gasteiger partial charge in [-0.25, -0.2) is 4.39 Å². The van der Waals surface area contributed by atoms with Crippen molar-refractivity contribution in [2.24, 2.45) is 7.05 Å². The van der Waals surface area contributed by atoms with E-state index in [1.165, 1.54) is 16.9 Å². The molecule has 0 bridgehead atoms. The van der Waals surface area contributed by atoms with Crippen molar-refractivity contribution in [1.82, 2.24) is 20.2 Å². The van der Waals surface area contributed by atoms with Crippen LogP contribution in [-0.4, -0.2) is 26.1 Å². The van der Waals surface area contributed by atoms with Gasteiger partial charge in [0.05, 0.1) is 12.9 Å². The summed E-state index contributed by atoms with van der Waals surface area (Å²) < 4.78 is 18.7. The van der Waals surface area contributed by atoms with Crippen molar-refractivity contribution in [2.75, 3.05) is 5.88 Å². The molecule has 0 atom stereocenters. The molecule has 2 rings (SSSR count). The normalized spacial score (nSPS) is 9.84. The molecule has 0 fully saturated rings. The van der Waals surface area contributed by atoms with E-state index in [0.717, 1.165) is 0 Å². The lowest BCUT2D eigenvalue weighted by molar-refractivity contribution is 0.293. The van der Waals surface area contributed by atoms with Gasteiger partial charge in [0, 0.05) is 11.6 Å². The quantitative estimate of drug-likeness (QED) is 0.632. The number of halogens is 2. The first-order valence-electron chi connectivity index (χ1n) is 5.38. The lowest BCUT2D eigenvalue weighted by atomic mass is 10.2. The Morgan fingerprint density at radius 1 is 1.42 bits per heavy atom. The molecule has 0 unspecified atom stereocenters. The molecule has 0 aliphatic rings. The van der Waals surface area contributed by atoms with Crippen LogP contribution in [0.2, 0.25) is 0 Å². The maximum atomic E-state index is 13.4. The molecule has 1 heterocycles. The number of rotatable bonds is 3. The monoisotopic (exact) mass is 280 g/mol. The van der Waals surface area contributed by atoms with Crippen molar-refractivity contribution in [3.05, 3.63) is 35.4 Å². The highest BCUT2D eigenvalue weighted by Gasteiger charge is 2.04. The van der Waals surface area contributed by atoms with E-state index in [4.69, 9.17) is 16.3 Å². The predicted molar refractivity (Wildman–Crippen MR) is 67.1 cm³/mol. The van der Waals surface area contributed by atoms with E-state index in [0.29, 0.717) is 17.1 Å². The summed E-state index contributed by atoms with van der Waals surface area (Å²) in [5, 5.41) is 11.4. The Hall–Kier alpha value is -2.13. The lowest BCUT2D eigenvalue weighted by Gasteiger charge is -2.04. The molecular weight excluding hydrogens is 271 g/mol. The van der Waals surface area contributed by atoms with Crippen LogP contribution in [-0.2, 0) is 13.7 Å². The summed E-state index contributed by atoms with van der Waals surface area (Å²) in [7, 11) is 1.65. The zero-order chi connectivity index (χ0) is 13.7. The Balaban J connectivity index is 2.09. The van der Waals surface area contributed by atoms with Gasteiger partial charge in [-0.1, -0.05) is 11.8 Å². The number of tetrazole rings is 1. The molecule has 5 nitrogen and oxygen atoms in total. The van der Waals surface area contributed by atoms with Crippen LogP contribution in [0.4, 0.5) is 4.39 Å². The van der Waals surface area contributed by atoms with Gasteiger partial charge >= 0.3 is 0 Å². The van der Waals surface area contributed by atoms with Gasteiger partial charge in [0.2, 0.25) is 5.82 Å². The Labute approximate surface area is 114 Å². The fourth-order valence-electron chi connectivity index (χ4n) is 1.38. The number of aryl methyl sites for hydroxylation is 1. The molecule has 0 radical (unpaired) electrons. The van der Waals surface area contributed by atoms with Crippen molar-refractivity contribution in [3.63, 3.8) is 0 Å². The van der Waals surface area contributed by atoms with Crippen LogP contribution in [0.5, 0.6) is 5.75 Å². The molecule has 1 aromatic heterocycles. The summed E-state index contributed by atoms with van der Waals surface area (Å²) in [5.41, 5.74) is 0.503. The largest absolute Gasteiger partial charge is 0.485 e. The third-order valence-electron chi connectivity index (χ3n) is 2.09. The second kappa shape index (κ2) is 6.16. The smallest absolute Gasteiger partial charge is 0.212 e. The van der Waals surface area contributed by atoms with Crippen molar-refractivity contribution in [3.8, 4) is 17.6 Å². The van der Waals surface area contributed by atoms with E-state index in [-0.39, 0.29) is 12.5 Å². The first-order valence-corrected chi connectivity index (χ1v) is 5.92. The molecule has 2 aromatic rings. The molecule has 0 N–H and O–H groups in total. The fraction of sp³-hybridized carbons (Fsp3) is 0.250. The molecule has 7 heteroatoms. The average molecular weight is 281 g/mol. The number of ether oxygens (including phenoxy) is 1. The first kappa shape index (κ1) is 13.3. The second-order valence-corrected chi connectivity index (χ2v) is 3.86. The molecule has 1 aromatic carbocycles. The number of hydrogen-bond acceptors (Lipinski definition) is 4. The number of nitrogens with zero attached hydrogens (tertiary/aromatic N) is 4. The fourth-order valence-corrected chi connectivity index (χ4v) is 1.45. The third kappa shape index (κ3) is 3.93. The summed E-state index contributed by atoms with van der Waals surface area (Å²) in [6.45, 7) is 0.111. The van der Waals surface area contributed by atoms with Gasteiger partial charge < -0.3 is 4.74 Å². The topological polar surface area (TPSA) is 52.8 Å². The minimum absolute atomic E-state index is 0.111. The molecular formula is C12H10ClFN4O. The minimum atomic E-state index is -0.427. The van der Waals surface area contributed by atoms with Gasteiger partial charge in [0.15, 0.2) is 6.61 Å². The van der Waals surface area contributed by atoms with Gasteiger partial charge in [0.25, 0.3) is 0 Å². The molecule has 0 saturated carbocycles. The van der Waals surface area contributed by atoms with Gasteiger partial charge in [-0.3, -0.25) is 0 Å². The van der Waals surface area contributed by atoms with Crippen molar-refractivity contribution in [1.29, 1.82) is 0 Å². The van der Waals surface area contributed by atoms with Crippen LogP contribution >= 0.6 is 11.6 Å². The van der Waals surface area contributed by atoms with Crippen LogP contribution in [0.25, 0.3) is 0 Å². The van der Waals surface area contributed by atoms with E-state index in [1.807, 2.05) is 0 Å². The maximum absolute atomic E-state index is 13.4. The Morgan fingerprint density at radius 3 is 2.95 bits per heavy atom. The zero-order valence-electron chi connectivity index (χ0n) is 10.1. The lowest BCUT2D eigenvalue weighted by Crippen LogP contribution is -1.99. The summed E-state index contributed by atoms with van der Waals surface area (Å²) in [6, 6.07) is 4.20. The van der Waals surface area contributed by atoms with Gasteiger partial charge in [-0.05, 0) is 17.3 Å². The molecule has 0 amide bonds. The molecule has 19 heavy (non-hydrogen) atoms. The second-order valence-electron chi connectivity index (χ2n) is 3.59. The van der Waals surface area contributed by atoms with Crippen molar-refractivity contribution >= 4 is 11.6 Å². The molecule has 98 valence electrons. The first-order chi connectivity index (χ1) is 9.17. The number of aromatic nitrogens is 4. The van der Waals surface area contributed by atoms with Gasteiger partial charge in [0.1, 0.15) is 11.6 Å². The van der Waals surface area contributed by atoms with E-state index in [2.05, 4.69) is 27.3 Å². The Morgan fingerprint density at radius 2 is 2.26 bits per heavy atom. The van der Waals surface area contributed by atoms with Crippen LogP contribution < -0.4 is 4.74 Å². The summed E-state index contributed by atoms with van der Waals surface area (Å²) in [5.74, 6) is 5.91. The number of alkyl halides is 1. The van der Waals surface area contributed by atoms with E-state index >= 15 is 0 Å². The summed E-state index contributed by atoms with van der Waals surface area (Å²) >= 11 is 5.45. The number of hydrogen-bond donors (Lipinski definition) is 0. The minimum Gasteiger partial charge on any atom is -0.485 e. The predicted octanol–water partition coefficient (Wildman–Crippen LogP) is 1.52. The SMILES string of the molecule is Cn1nnc(COc2cc(F)cc(C#CCCl)c2)n1. The van der Waals surface area contributed by atoms with E-state index in [1.54, 1.807) is 13.1 Å². The Kier molecular flexibility index (Phi) is 4.31. The number of benzene rings is 1. The maximum Gasteiger partial charge on any atom is 0.212 e. The van der Waals surface area contributed by atoms with Crippen molar-refractivity contribution < 1.29 is 9.13 Å². The van der Waals surface area contributed by atoms with Crippen LogP contribution in [0.15, 0.2) is 18.2 Å². The highest BCUT2D eigenvalue weighted by molar-refractivity contribution is 6.19. The Bertz CT molecular complexity index is 632. The van der Waals surface area contributed by atoms with Gasteiger partial charge in [-0.15, -0.1) is 21.8 Å². The van der Waals surface area contributed by atoms with Crippen LogP contribution in [0.1, 0.15) is 11.4 Å². The van der Waals surface area contributed by atoms with E-state index < -0.39 is 5.82 Å². The van der Waals surface area contributed by atoms with Crippen molar-refractivity contribution in [2.45, 2.75) is 6.61 Å². The summed E-state index contributed by atoms with van der Waals surface area (Å²) in [6.07, 6.45) is 0. The van der Waals surface area contributed by atoms with Crippen LogP contribution in [0.3, 0.4) is 0 Å². The highest BCUT2D eigenvalue weighted by Crippen LogP contribution is 2.16. The third-order valence-corrected chi connectivity index (χ3v) is 2.22. The molecule has 0 spiro atoms. The molecule has 0 aliphatic heterocycles. The zero-order valence-corrected chi connectivity index (χ0v) is 10.9.